The van der Waals surface area contributed by atoms with E-state index in [4.69, 9.17) is 0 Å². The minimum Gasteiger partial charge on any atom is -0.303 e. The molecule has 0 aliphatic heterocycles. The fourth-order valence-corrected chi connectivity index (χ4v) is 2.27. The van der Waals surface area contributed by atoms with Gasteiger partial charge >= 0.3 is 0 Å². The van der Waals surface area contributed by atoms with E-state index in [9.17, 15) is 4.79 Å². The lowest BCUT2D eigenvalue weighted by molar-refractivity contribution is -0.109. The summed E-state index contributed by atoms with van der Waals surface area (Å²) in [5.41, 5.74) is 0.575. The summed E-state index contributed by atoms with van der Waals surface area (Å²) >= 11 is 0. The van der Waals surface area contributed by atoms with Crippen molar-refractivity contribution in [2.75, 3.05) is 0 Å². The maximum atomic E-state index is 10.4. The molecule has 1 heteroatoms. The number of carbonyl (C=O) groups is 1. The third-order valence-electron chi connectivity index (χ3n) is 3.41. The molecule has 56 valence electrons. The van der Waals surface area contributed by atoms with E-state index in [2.05, 4.69) is 6.92 Å². The van der Waals surface area contributed by atoms with E-state index in [1.807, 2.05) is 0 Å². The first kappa shape index (κ1) is 6.38. The van der Waals surface area contributed by atoms with Gasteiger partial charge in [-0.15, -0.1) is 0 Å². The molecule has 0 aromatic rings. The quantitative estimate of drug-likeness (QED) is 0.533. The van der Waals surface area contributed by atoms with Crippen LogP contribution in [-0.4, -0.2) is 6.29 Å². The molecule has 2 atom stereocenters. The second-order valence-corrected chi connectivity index (χ2v) is 4.15. The van der Waals surface area contributed by atoms with Gasteiger partial charge < -0.3 is 4.79 Å². The fourth-order valence-electron chi connectivity index (χ4n) is 2.27. The second kappa shape index (κ2) is 1.84. The van der Waals surface area contributed by atoms with Gasteiger partial charge in [0.15, 0.2) is 0 Å². The Labute approximate surface area is 61.8 Å². The Balaban J connectivity index is 1.95. The molecule has 0 N–H and O–H groups in total. The zero-order chi connectivity index (χ0) is 7.19. The van der Waals surface area contributed by atoms with E-state index in [0.717, 1.165) is 12.2 Å². The molecule has 2 aliphatic carbocycles. The highest BCUT2D eigenvalue weighted by molar-refractivity contribution is 5.58. The lowest BCUT2D eigenvalue weighted by Gasteiger charge is -2.39. The summed E-state index contributed by atoms with van der Waals surface area (Å²) in [5.74, 6) is 1.20. The SMILES string of the molecule is CC1([C@H]2C[C@H]2C=O)CCC1. The molecule has 0 spiro atoms. The Morgan fingerprint density at radius 1 is 1.50 bits per heavy atom. The Kier molecular flexibility index (Phi) is 1.17. The van der Waals surface area contributed by atoms with Crippen LogP contribution >= 0.6 is 0 Å². The molecule has 0 radical (unpaired) electrons. The van der Waals surface area contributed by atoms with Crippen LogP contribution < -0.4 is 0 Å². The van der Waals surface area contributed by atoms with Crippen molar-refractivity contribution in [1.29, 1.82) is 0 Å². The maximum absolute atomic E-state index is 10.4. The highest BCUT2D eigenvalue weighted by atomic mass is 16.1. The monoisotopic (exact) mass is 138 g/mol. The van der Waals surface area contributed by atoms with Crippen molar-refractivity contribution in [1.82, 2.24) is 0 Å². The fraction of sp³-hybridized carbons (Fsp3) is 0.889. The molecule has 0 bridgehead atoms. The summed E-state index contributed by atoms with van der Waals surface area (Å²) in [6, 6.07) is 0. The molecule has 2 fully saturated rings. The molecule has 0 aromatic heterocycles. The van der Waals surface area contributed by atoms with Crippen LogP contribution in [0.15, 0.2) is 0 Å². The van der Waals surface area contributed by atoms with E-state index < -0.39 is 0 Å². The maximum Gasteiger partial charge on any atom is 0.123 e. The van der Waals surface area contributed by atoms with Crippen molar-refractivity contribution in [2.24, 2.45) is 17.3 Å². The van der Waals surface area contributed by atoms with Crippen LogP contribution in [0.4, 0.5) is 0 Å². The van der Waals surface area contributed by atoms with Gasteiger partial charge in [0, 0.05) is 5.92 Å². The third-order valence-corrected chi connectivity index (χ3v) is 3.41. The molecule has 0 amide bonds. The van der Waals surface area contributed by atoms with Crippen LogP contribution in [0.2, 0.25) is 0 Å². The summed E-state index contributed by atoms with van der Waals surface area (Å²) in [4.78, 5) is 10.4. The van der Waals surface area contributed by atoms with Crippen molar-refractivity contribution in [2.45, 2.75) is 32.6 Å². The molecular formula is C9H14O. The predicted octanol–water partition coefficient (Wildman–Crippen LogP) is 2.01. The Hall–Kier alpha value is -0.330. The molecule has 10 heavy (non-hydrogen) atoms. The van der Waals surface area contributed by atoms with Gasteiger partial charge in [0.1, 0.15) is 6.29 Å². The van der Waals surface area contributed by atoms with Crippen molar-refractivity contribution < 1.29 is 4.79 Å². The van der Waals surface area contributed by atoms with E-state index in [-0.39, 0.29) is 0 Å². The van der Waals surface area contributed by atoms with Gasteiger partial charge in [-0.25, -0.2) is 0 Å². The summed E-state index contributed by atoms with van der Waals surface area (Å²) in [6.07, 6.45) is 6.44. The van der Waals surface area contributed by atoms with Gasteiger partial charge in [-0.2, -0.15) is 0 Å². The first-order chi connectivity index (χ1) is 4.76. The van der Waals surface area contributed by atoms with Crippen molar-refractivity contribution >= 4 is 6.29 Å². The van der Waals surface area contributed by atoms with Crippen molar-refractivity contribution in [3.63, 3.8) is 0 Å². The molecule has 2 rings (SSSR count). The van der Waals surface area contributed by atoms with Crippen molar-refractivity contribution in [3.05, 3.63) is 0 Å². The molecule has 0 saturated heterocycles. The third kappa shape index (κ3) is 0.727. The Morgan fingerprint density at radius 2 is 2.20 bits per heavy atom. The number of hydrogen-bond acceptors (Lipinski definition) is 1. The smallest absolute Gasteiger partial charge is 0.123 e. The number of aldehydes is 1. The molecule has 2 saturated carbocycles. The zero-order valence-electron chi connectivity index (χ0n) is 6.47. The average Bonchev–Trinajstić information content (AvgIpc) is 2.61. The molecule has 0 heterocycles. The normalized spacial score (nSPS) is 42.1. The minimum absolute atomic E-state index is 0.435. The van der Waals surface area contributed by atoms with Crippen LogP contribution in [0, 0.1) is 17.3 Å². The lowest BCUT2D eigenvalue weighted by Crippen LogP contribution is -2.28. The van der Waals surface area contributed by atoms with Gasteiger partial charge in [0.25, 0.3) is 0 Å². The van der Waals surface area contributed by atoms with Crippen LogP contribution in [-0.2, 0) is 4.79 Å². The van der Waals surface area contributed by atoms with Gasteiger partial charge in [0.05, 0.1) is 0 Å². The topological polar surface area (TPSA) is 17.1 Å². The highest BCUT2D eigenvalue weighted by Crippen LogP contribution is 2.59. The number of hydrogen-bond donors (Lipinski definition) is 0. The van der Waals surface area contributed by atoms with E-state index in [1.165, 1.54) is 25.7 Å². The summed E-state index contributed by atoms with van der Waals surface area (Å²) in [5, 5.41) is 0. The summed E-state index contributed by atoms with van der Waals surface area (Å²) in [7, 11) is 0. The molecular weight excluding hydrogens is 124 g/mol. The second-order valence-electron chi connectivity index (χ2n) is 4.15. The van der Waals surface area contributed by atoms with Crippen molar-refractivity contribution in [3.8, 4) is 0 Å². The molecule has 2 aliphatic rings. The van der Waals surface area contributed by atoms with E-state index >= 15 is 0 Å². The minimum atomic E-state index is 0.435. The zero-order valence-corrected chi connectivity index (χ0v) is 6.47. The standard InChI is InChI=1S/C9H14O/c1-9(3-2-4-9)8-5-7(8)6-10/h6-8H,2-5H2,1H3/t7-,8-/m0/s1. The van der Waals surface area contributed by atoms with E-state index in [1.54, 1.807) is 0 Å². The van der Waals surface area contributed by atoms with Crippen LogP contribution in [0.5, 0.6) is 0 Å². The first-order valence-electron chi connectivity index (χ1n) is 4.21. The van der Waals surface area contributed by atoms with Crippen LogP contribution in [0.3, 0.4) is 0 Å². The van der Waals surface area contributed by atoms with Gasteiger partial charge in [-0.05, 0) is 30.6 Å². The molecule has 0 aromatic carbocycles. The molecule has 1 nitrogen and oxygen atoms in total. The average molecular weight is 138 g/mol. The number of rotatable bonds is 2. The molecule has 0 unspecified atom stereocenters. The largest absolute Gasteiger partial charge is 0.303 e. The Morgan fingerprint density at radius 3 is 2.50 bits per heavy atom. The van der Waals surface area contributed by atoms with Gasteiger partial charge in [-0.1, -0.05) is 13.3 Å². The number of carbonyl (C=O) groups excluding carboxylic acids is 1. The lowest BCUT2D eigenvalue weighted by atomic mass is 9.66. The first-order valence-corrected chi connectivity index (χ1v) is 4.21. The summed E-state index contributed by atoms with van der Waals surface area (Å²) < 4.78 is 0. The van der Waals surface area contributed by atoms with Gasteiger partial charge in [0.2, 0.25) is 0 Å². The Bertz CT molecular complexity index is 158. The van der Waals surface area contributed by atoms with Crippen LogP contribution in [0.25, 0.3) is 0 Å². The predicted molar refractivity (Wildman–Crippen MR) is 39.6 cm³/mol. The summed E-state index contributed by atoms with van der Waals surface area (Å²) in [6.45, 7) is 2.34. The van der Waals surface area contributed by atoms with Gasteiger partial charge in [-0.3, -0.25) is 0 Å². The van der Waals surface area contributed by atoms with Crippen LogP contribution in [0.1, 0.15) is 32.6 Å². The van der Waals surface area contributed by atoms with E-state index in [0.29, 0.717) is 11.3 Å². The highest BCUT2D eigenvalue weighted by Gasteiger charge is 2.52.